The molecule has 0 saturated carbocycles. The smallest absolute Gasteiger partial charge is 0.158 e. The topological polar surface area (TPSA) is 70.8 Å². The Balaban J connectivity index is 1.74. The summed E-state index contributed by atoms with van der Waals surface area (Å²) in [5.74, 6) is 1.48. The summed E-state index contributed by atoms with van der Waals surface area (Å²) in [7, 11) is 0. The van der Waals surface area contributed by atoms with Crippen molar-refractivity contribution < 1.29 is 4.74 Å². The molecule has 0 aliphatic heterocycles. The van der Waals surface area contributed by atoms with Gasteiger partial charge in [0.15, 0.2) is 5.69 Å². The molecule has 1 aromatic carbocycles. The fourth-order valence-corrected chi connectivity index (χ4v) is 1.46. The predicted molar refractivity (Wildman–Crippen MR) is 71.9 cm³/mol. The Morgan fingerprint density at radius 1 is 1.21 bits per heavy atom. The molecule has 0 fully saturated rings. The van der Waals surface area contributed by atoms with Gasteiger partial charge in [0.25, 0.3) is 0 Å². The molecule has 1 heterocycles. The van der Waals surface area contributed by atoms with Crippen LogP contribution in [0.25, 0.3) is 0 Å². The van der Waals surface area contributed by atoms with Crippen LogP contribution in [-0.4, -0.2) is 23.1 Å². The van der Waals surface area contributed by atoms with Gasteiger partial charge in [-0.1, -0.05) is 17.7 Å². The van der Waals surface area contributed by atoms with Crippen molar-refractivity contribution in [3.63, 3.8) is 0 Å². The predicted octanol–water partition coefficient (Wildman–Crippen LogP) is 2.15. The summed E-state index contributed by atoms with van der Waals surface area (Å²) in [5, 5.41) is 11.7. The van der Waals surface area contributed by atoms with Crippen LogP contribution in [0.5, 0.6) is 5.75 Å². The number of aromatic nitrogens is 2. The van der Waals surface area contributed by atoms with Gasteiger partial charge in [0.1, 0.15) is 24.2 Å². The van der Waals surface area contributed by atoms with Gasteiger partial charge in [0, 0.05) is 0 Å². The Labute approximate surface area is 111 Å². The molecule has 0 bridgehead atoms. The normalized spacial score (nSPS) is 9.68. The van der Waals surface area contributed by atoms with Crippen LogP contribution in [0.4, 0.5) is 5.82 Å². The third-order valence-electron chi connectivity index (χ3n) is 2.46. The first-order valence-electron chi connectivity index (χ1n) is 5.93. The van der Waals surface area contributed by atoms with Gasteiger partial charge >= 0.3 is 0 Å². The van der Waals surface area contributed by atoms with Crippen molar-refractivity contribution in [1.29, 1.82) is 5.26 Å². The average Bonchev–Trinajstić information content (AvgIpc) is 2.46. The van der Waals surface area contributed by atoms with E-state index >= 15 is 0 Å². The van der Waals surface area contributed by atoms with Crippen LogP contribution in [0.15, 0.2) is 36.7 Å². The SMILES string of the molecule is Cc1ccc(OCCNc2cnc(C#N)cn2)cc1. The van der Waals surface area contributed by atoms with Gasteiger partial charge in [0.05, 0.1) is 18.9 Å². The second-order valence-electron chi connectivity index (χ2n) is 3.99. The van der Waals surface area contributed by atoms with Crippen molar-refractivity contribution >= 4 is 5.82 Å². The lowest BCUT2D eigenvalue weighted by atomic mass is 10.2. The summed E-state index contributed by atoms with van der Waals surface area (Å²) in [5.41, 5.74) is 1.51. The van der Waals surface area contributed by atoms with Crippen molar-refractivity contribution in [3.8, 4) is 11.8 Å². The van der Waals surface area contributed by atoms with Crippen molar-refractivity contribution in [3.05, 3.63) is 47.9 Å². The first-order chi connectivity index (χ1) is 9.28. The third kappa shape index (κ3) is 3.96. The van der Waals surface area contributed by atoms with Gasteiger partial charge in [-0.3, -0.25) is 0 Å². The maximum atomic E-state index is 8.60. The summed E-state index contributed by atoms with van der Waals surface area (Å²) >= 11 is 0. The van der Waals surface area contributed by atoms with E-state index in [0.29, 0.717) is 24.7 Å². The molecule has 0 saturated heterocycles. The largest absolute Gasteiger partial charge is 0.492 e. The molecule has 1 N–H and O–H groups in total. The van der Waals surface area contributed by atoms with Crippen molar-refractivity contribution in [2.75, 3.05) is 18.5 Å². The zero-order valence-electron chi connectivity index (χ0n) is 10.6. The number of nitrogens with one attached hydrogen (secondary N) is 1. The van der Waals surface area contributed by atoms with E-state index in [0.717, 1.165) is 5.75 Å². The number of hydrogen-bond donors (Lipinski definition) is 1. The van der Waals surface area contributed by atoms with E-state index in [1.54, 1.807) is 0 Å². The van der Waals surface area contributed by atoms with Gasteiger partial charge in [-0.25, -0.2) is 9.97 Å². The second kappa shape index (κ2) is 6.36. The van der Waals surface area contributed by atoms with Crippen molar-refractivity contribution in [1.82, 2.24) is 9.97 Å². The number of rotatable bonds is 5. The van der Waals surface area contributed by atoms with Crippen LogP contribution in [0.3, 0.4) is 0 Å². The Morgan fingerprint density at radius 2 is 2.00 bits per heavy atom. The highest BCUT2D eigenvalue weighted by atomic mass is 16.5. The van der Waals surface area contributed by atoms with Crippen LogP contribution in [0.1, 0.15) is 11.3 Å². The van der Waals surface area contributed by atoms with E-state index in [2.05, 4.69) is 15.3 Å². The zero-order valence-corrected chi connectivity index (χ0v) is 10.6. The maximum Gasteiger partial charge on any atom is 0.158 e. The zero-order chi connectivity index (χ0) is 13.5. The minimum atomic E-state index is 0.307. The Morgan fingerprint density at radius 3 is 2.63 bits per heavy atom. The number of nitrogens with zero attached hydrogens (tertiary/aromatic N) is 3. The van der Waals surface area contributed by atoms with Gasteiger partial charge in [-0.15, -0.1) is 0 Å². The van der Waals surface area contributed by atoms with Crippen LogP contribution in [-0.2, 0) is 0 Å². The minimum absolute atomic E-state index is 0.307. The average molecular weight is 254 g/mol. The molecule has 0 aliphatic rings. The van der Waals surface area contributed by atoms with Gasteiger partial charge < -0.3 is 10.1 Å². The fourth-order valence-electron chi connectivity index (χ4n) is 1.46. The number of hydrogen-bond acceptors (Lipinski definition) is 5. The summed E-state index contributed by atoms with van der Waals surface area (Å²) < 4.78 is 5.56. The number of aryl methyl sites for hydroxylation is 1. The van der Waals surface area contributed by atoms with Crippen LogP contribution in [0.2, 0.25) is 0 Å². The fraction of sp³-hybridized carbons (Fsp3) is 0.214. The molecule has 0 atom stereocenters. The Kier molecular flexibility index (Phi) is 4.29. The highest BCUT2D eigenvalue weighted by molar-refractivity contribution is 5.33. The molecule has 2 rings (SSSR count). The van der Waals surface area contributed by atoms with Crippen molar-refractivity contribution in [2.45, 2.75) is 6.92 Å². The highest BCUT2D eigenvalue weighted by Gasteiger charge is 1.96. The van der Waals surface area contributed by atoms with E-state index in [9.17, 15) is 0 Å². The molecule has 5 nitrogen and oxygen atoms in total. The number of anilines is 1. The molecule has 19 heavy (non-hydrogen) atoms. The number of benzene rings is 1. The van der Waals surface area contributed by atoms with E-state index in [1.807, 2.05) is 37.3 Å². The Bertz CT molecular complexity index is 557. The molecule has 0 radical (unpaired) electrons. The van der Waals surface area contributed by atoms with E-state index in [1.165, 1.54) is 18.0 Å². The van der Waals surface area contributed by atoms with E-state index in [-0.39, 0.29) is 0 Å². The Hall–Kier alpha value is -2.61. The highest BCUT2D eigenvalue weighted by Crippen LogP contribution is 2.11. The quantitative estimate of drug-likeness (QED) is 0.828. The van der Waals surface area contributed by atoms with Crippen LogP contribution < -0.4 is 10.1 Å². The molecular formula is C14H14N4O. The maximum absolute atomic E-state index is 8.60. The lowest BCUT2D eigenvalue weighted by Crippen LogP contribution is -2.12. The van der Waals surface area contributed by atoms with E-state index < -0.39 is 0 Å². The van der Waals surface area contributed by atoms with Gasteiger partial charge in [0.2, 0.25) is 0 Å². The molecule has 5 heteroatoms. The summed E-state index contributed by atoms with van der Waals surface area (Å²) in [6, 6.07) is 9.82. The summed E-state index contributed by atoms with van der Waals surface area (Å²) in [6.45, 7) is 3.19. The molecule has 0 unspecified atom stereocenters. The molecular weight excluding hydrogens is 240 g/mol. The minimum Gasteiger partial charge on any atom is -0.492 e. The molecule has 96 valence electrons. The molecule has 0 spiro atoms. The summed E-state index contributed by atoms with van der Waals surface area (Å²) in [4.78, 5) is 7.97. The lowest BCUT2D eigenvalue weighted by molar-refractivity contribution is 0.332. The lowest BCUT2D eigenvalue weighted by Gasteiger charge is -2.07. The van der Waals surface area contributed by atoms with Crippen LogP contribution >= 0.6 is 0 Å². The summed E-state index contributed by atoms with van der Waals surface area (Å²) in [6.07, 6.45) is 2.97. The number of nitriles is 1. The van der Waals surface area contributed by atoms with Crippen molar-refractivity contribution in [2.24, 2.45) is 0 Å². The standard InChI is InChI=1S/C14H14N4O/c1-11-2-4-13(5-3-11)19-7-6-16-14-10-17-12(8-15)9-18-14/h2-5,9-10H,6-7H2,1H3,(H,16,18). The second-order valence-corrected chi connectivity index (χ2v) is 3.99. The number of ether oxygens (including phenoxy) is 1. The molecule has 1 aromatic heterocycles. The van der Waals surface area contributed by atoms with Gasteiger partial charge in [-0.2, -0.15) is 5.26 Å². The van der Waals surface area contributed by atoms with E-state index in [4.69, 9.17) is 10.00 Å². The molecule has 2 aromatic rings. The monoisotopic (exact) mass is 254 g/mol. The molecule has 0 amide bonds. The first kappa shape index (κ1) is 12.8. The van der Waals surface area contributed by atoms with Crippen LogP contribution in [0, 0.1) is 18.3 Å². The first-order valence-corrected chi connectivity index (χ1v) is 5.93. The van der Waals surface area contributed by atoms with Gasteiger partial charge in [-0.05, 0) is 19.1 Å². The third-order valence-corrected chi connectivity index (χ3v) is 2.46. The molecule has 0 aliphatic carbocycles.